The Bertz CT molecular complexity index is 818. The summed E-state index contributed by atoms with van der Waals surface area (Å²) in [4.78, 5) is 4.18. The van der Waals surface area contributed by atoms with Crippen molar-refractivity contribution in [3.05, 3.63) is 60.3 Å². The zero-order valence-electron chi connectivity index (χ0n) is 10.7. The Hall–Kier alpha value is -3.06. The van der Waals surface area contributed by atoms with E-state index < -0.39 is 0 Å². The second-order valence-electron chi connectivity index (χ2n) is 4.42. The number of benzene rings is 2. The summed E-state index contributed by atoms with van der Waals surface area (Å²) in [6, 6.07) is 17.8. The highest BCUT2D eigenvalue weighted by atomic mass is 15.0. The molecule has 4 nitrogen and oxygen atoms in total. The van der Waals surface area contributed by atoms with E-state index in [9.17, 15) is 0 Å². The predicted octanol–water partition coefficient (Wildman–Crippen LogP) is 3.43. The minimum atomic E-state index is 0.364. The molecule has 4 heteroatoms. The van der Waals surface area contributed by atoms with Crippen LogP contribution >= 0.6 is 0 Å². The van der Waals surface area contributed by atoms with Crippen molar-refractivity contribution >= 4 is 28.0 Å². The molecule has 0 atom stereocenters. The zero-order chi connectivity index (χ0) is 13.9. The van der Waals surface area contributed by atoms with Crippen molar-refractivity contribution in [3.63, 3.8) is 0 Å². The Labute approximate surface area is 116 Å². The third kappa shape index (κ3) is 2.13. The van der Waals surface area contributed by atoms with E-state index in [0.717, 1.165) is 11.1 Å². The van der Waals surface area contributed by atoms with Gasteiger partial charge in [0.15, 0.2) is 5.82 Å². The maximum absolute atomic E-state index is 8.96. The summed E-state index contributed by atoms with van der Waals surface area (Å²) in [5, 5.41) is 14.4. The molecule has 0 bridgehead atoms. The molecule has 0 saturated heterocycles. The zero-order valence-corrected chi connectivity index (χ0v) is 10.7. The Morgan fingerprint density at radius 1 is 1.05 bits per heavy atom. The lowest BCUT2D eigenvalue weighted by atomic mass is 10.1. The molecule has 1 heterocycles. The van der Waals surface area contributed by atoms with E-state index in [1.165, 1.54) is 5.39 Å². The van der Waals surface area contributed by atoms with Crippen LogP contribution in [0.2, 0.25) is 0 Å². The first-order chi connectivity index (χ1) is 9.78. The van der Waals surface area contributed by atoms with Crippen molar-refractivity contribution in [1.82, 2.24) is 4.98 Å². The smallest absolute Gasteiger partial charge is 0.154 e. The van der Waals surface area contributed by atoms with Crippen LogP contribution in [0.15, 0.2) is 54.7 Å². The van der Waals surface area contributed by atoms with Crippen LogP contribution in [0, 0.1) is 11.3 Å². The molecule has 3 rings (SSSR count). The average molecular weight is 260 g/mol. The van der Waals surface area contributed by atoms with E-state index in [2.05, 4.69) is 16.4 Å². The van der Waals surface area contributed by atoms with E-state index in [4.69, 9.17) is 11.0 Å². The van der Waals surface area contributed by atoms with Gasteiger partial charge in [-0.2, -0.15) is 5.26 Å². The van der Waals surface area contributed by atoms with E-state index in [-0.39, 0.29) is 0 Å². The van der Waals surface area contributed by atoms with Gasteiger partial charge in [-0.15, -0.1) is 0 Å². The van der Waals surface area contributed by atoms with Crippen LogP contribution in [-0.4, -0.2) is 4.98 Å². The van der Waals surface area contributed by atoms with Gasteiger partial charge in [-0.3, -0.25) is 0 Å². The number of nitriles is 1. The number of pyridine rings is 1. The minimum absolute atomic E-state index is 0.364. The molecule has 0 amide bonds. The third-order valence-corrected chi connectivity index (χ3v) is 3.12. The number of rotatable bonds is 2. The predicted molar refractivity (Wildman–Crippen MR) is 80.6 cm³/mol. The molecule has 1 aromatic heterocycles. The maximum Gasteiger partial charge on any atom is 0.154 e. The number of nitrogen functional groups attached to an aromatic ring is 1. The fourth-order valence-electron chi connectivity index (χ4n) is 2.07. The van der Waals surface area contributed by atoms with Gasteiger partial charge in [-0.25, -0.2) is 4.98 Å². The largest absolute Gasteiger partial charge is 0.395 e. The number of anilines is 3. The number of hydrogen-bond acceptors (Lipinski definition) is 4. The molecular weight excluding hydrogens is 248 g/mol. The third-order valence-electron chi connectivity index (χ3n) is 3.12. The molecule has 0 unspecified atom stereocenters. The molecule has 2 aromatic carbocycles. The number of nitrogens with one attached hydrogen (secondary N) is 1. The van der Waals surface area contributed by atoms with Crippen LogP contribution in [0.1, 0.15) is 5.56 Å². The second kappa shape index (κ2) is 4.90. The fraction of sp³-hybridized carbons (Fsp3) is 0. The molecule has 20 heavy (non-hydrogen) atoms. The minimum Gasteiger partial charge on any atom is -0.395 e. The van der Waals surface area contributed by atoms with E-state index in [1.54, 1.807) is 12.3 Å². The first kappa shape index (κ1) is 12.0. The molecule has 0 saturated carbocycles. The molecule has 0 aliphatic rings. The van der Waals surface area contributed by atoms with Gasteiger partial charge in [0.05, 0.1) is 11.3 Å². The van der Waals surface area contributed by atoms with Gasteiger partial charge in [0.2, 0.25) is 0 Å². The summed E-state index contributed by atoms with van der Waals surface area (Å²) in [6.07, 6.45) is 1.57. The van der Waals surface area contributed by atoms with Crippen LogP contribution in [0.3, 0.4) is 0 Å². The van der Waals surface area contributed by atoms with Crippen LogP contribution < -0.4 is 11.1 Å². The first-order valence-electron chi connectivity index (χ1n) is 6.18. The van der Waals surface area contributed by atoms with E-state index >= 15 is 0 Å². The van der Waals surface area contributed by atoms with Crippen LogP contribution in [0.5, 0.6) is 0 Å². The molecule has 0 spiro atoms. The van der Waals surface area contributed by atoms with Crippen molar-refractivity contribution in [3.8, 4) is 6.07 Å². The summed E-state index contributed by atoms with van der Waals surface area (Å²) < 4.78 is 0. The Morgan fingerprint density at radius 2 is 1.85 bits per heavy atom. The van der Waals surface area contributed by atoms with Crippen molar-refractivity contribution in [1.29, 1.82) is 5.26 Å². The van der Waals surface area contributed by atoms with Gasteiger partial charge < -0.3 is 11.1 Å². The molecule has 3 N–H and O–H groups in total. The second-order valence-corrected chi connectivity index (χ2v) is 4.42. The Kier molecular flexibility index (Phi) is 2.94. The average Bonchev–Trinajstić information content (AvgIpc) is 2.49. The SMILES string of the molecule is N#Cc1ccnc(Nc2ccc3ccccc3c2)c1N. The lowest BCUT2D eigenvalue weighted by Crippen LogP contribution is -2.01. The normalized spacial score (nSPS) is 10.2. The lowest BCUT2D eigenvalue weighted by molar-refractivity contribution is 1.30. The quantitative estimate of drug-likeness (QED) is 0.740. The highest BCUT2D eigenvalue weighted by Gasteiger charge is 2.06. The highest BCUT2D eigenvalue weighted by molar-refractivity contribution is 5.87. The summed E-state index contributed by atoms with van der Waals surface area (Å²) >= 11 is 0. The van der Waals surface area contributed by atoms with Gasteiger partial charge in [-0.05, 0) is 29.0 Å². The highest BCUT2D eigenvalue weighted by Crippen LogP contribution is 2.25. The van der Waals surface area contributed by atoms with Gasteiger partial charge in [-0.1, -0.05) is 30.3 Å². The summed E-state index contributed by atoms with van der Waals surface area (Å²) in [5.74, 6) is 0.499. The van der Waals surface area contributed by atoms with Crippen LogP contribution in [0.25, 0.3) is 10.8 Å². The lowest BCUT2D eigenvalue weighted by Gasteiger charge is -2.09. The molecule has 0 aliphatic carbocycles. The number of aromatic nitrogens is 1. The maximum atomic E-state index is 8.96. The van der Waals surface area contributed by atoms with Gasteiger partial charge in [0, 0.05) is 11.9 Å². The molecule has 0 aliphatic heterocycles. The van der Waals surface area contributed by atoms with E-state index in [1.807, 2.05) is 42.5 Å². The molecule has 0 fully saturated rings. The molecule has 3 aromatic rings. The Morgan fingerprint density at radius 3 is 2.65 bits per heavy atom. The molecule has 96 valence electrons. The summed E-state index contributed by atoms with van der Waals surface area (Å²) in [6.45, 7) is 0. The van der Waals surface area contributed by atoms with Gasteiger partial charge in [0.25, 0.3) is 0 Å². The van der Waals surface area contributed by atoms with Crippen molar-refractivity contribution < 1.29 is 0 Å². The number of hydrogen-bond donors (Lipinski definition) is 2. The number of nitrogens with two attached hydrogens (primary N) is 1. The molecule has 0 radical (unpaired) electrons. The Balaban J connectivity index is 1.99. The van der Waals surface area contributed by atoms with Crippen LogP contribution in [0.4, 0.5) is 17.2 Å². The summed E-state index contributed by atoms with van der Waals surface area (Å²) in [7, 11) is 0. The first-order valence-corrected chi connectivity index (χ1v) is 6.18. The number of nitrogens with zero attached hydrogens (tertiary/aromatic N) is 2. The van der Waals surface area contributed by atoms with Crippen molar-refractivity contribution in [2.45, 2.75) is 0 Å². The molecular formula is C16H12N4. The fourth-order valence-corrected chi connectivity index (χ4v) is 2.07. The van der Waals surface area contributed by atoms with Crippen molar-refractivity contribution in [2.24, 2.45) is 0 Å². The van der Waals surface area contributed by atoms with Gasteiger partial charge in [0.1, 0.15) is 6.07 Å². The summed E-state index contributed by atoms with van der Waals surface area (Å²) in [5.41, 5.74) is 7.58. The monoisotopic (exact) mass is 260 g/mol. The van der Waals surface area contributed by atoms with Crippen LogP contribution in [-0.2, 0) is 0 Å². The standard InChI is InChI=1S/C16H12N4/c17-10-13-7-8-19-16(15(13)18)20-14-6-5-11-3-1-2-4-12(11)9-14/h1-9H,18H2,(H,19,20). The van der Waals surface area contributed by atoms with Gasteiger partial charge >= 0.3 is 0 Å². The van der Waals surface area contributed by atoms with Crippen molar-refractivity contribution in [2.75, 3.05) is 11.1 Å². The topological polar surface area (TPSA) is 74.7 Å². The number of fused-ring (bicyclic) bond motifs is 1. The van der Waals surface area contributed by atoms with E-state index in [0.29, 0.717) is 17.1 Å².